The minimum Gasteiger partial charge on any atom is -0.347 e. The molecule has 1 heterocycles. The van der Waals surface area contributed by atoms with Gasteiger partial charge in [0, 0.05) is 31.3 Å². The topological polar surface area (TPSA) is 93.1 Å². The Morgan fingerprint density at radius 1 is 1.12 bits per heavy atom. The van der Waals surface area contributed by atoms with Crippen molar-refractivity contribution in [3.05, 3.63) is 58.0 Å². The fourth-order valence-electron chi connectivity index (χ4n) is 1.89. The van der Waals surface area contributed by atoms with Crippen molar-refractivity contribution in [2.45, 2.75) is 20.4 Å². The number of carbonyl (C=O) groups excluding carboxylic acids is 2. The number of hydrogen-bond donors (Lipinski definition) is 2. The molecule has 0 radical (unpaired) electrons. The van der Waals surface area contributed by atoms with Crippen LogP contribution in [-0.2, 0) is 18.4 Å². The standard InChI is InChI=1S/C17H20N4O3/c1-11(2)16(23)19-13-6-4-12(5-7-13)10-18-17(24)14-8-9-15(22)21(3)20-14/h4-9,11H,10H2,1-3H3,(H,18,24)(H,19,23). The zero-order chi connectivity index (χ0) is 17.7. The van der Waals surface area contributed by atoms with Gasteiger partial charge in [0.25, 0.3) is 11.5 Å². The molecule has 0 aliphatic heterocycles. The molecule has 1 aromatic carbocycles. The van der Waals surface area contributed by atoms with Gasteiger partial charge in [0.2, 0.25) is 5.91 Å². The molecule has 0 bridgehead atoms. The van der Waals surface area contributed by atoms with Crippen LogP contribution in [-0.4, -0.2) is 21.6 Å². The maximum atomic E-state index is 12.0. The Hall–Kier alpha value is -2.96. The lowest BCUT2D eigenvalue weighted by Gasteiger charge is -2.09. The lowest BCUT2D eigenvalue weighted by atomic mass is 10.1. The van der Waals surface area contributed by atoms with E-state index in [2.05, 4.69) is 15.7 Å². The highest BCUT2D eigenvalue weighted by Gasteiger charge is 2.09. The highest BCUT2D eigenvalue weighted by Crippen LogP contribution is 2.11. The van der Waals surface area contributed by atoms with Gasteiger partial charge < -0.3 is 10.6 Å². The van der Waals surface area contributed by atoms with Gasteiger partial charge in [0.15, 0.2) is 0 Å². The fourth-order valence-corrected chi connectivity index (χ4v) is 1.89. The van der Waals surface area contributed by atoms with Gasteiger partial charge in [-0.1, -0.05) is 26.0 Å². The Bertz CT molecular complexity index is 794. The Balaban J connectivity index is 1.94. The highest BCUT2D eigenvalue weighted by molar-refractivity contribution is 5.92. The highest BCUT2D eigenvalue weighted by atomic mass is 16.2. The Labute approximate surface area is 139 Å². The van der Waals surface area contributed by atoms with E-state index in [4.69, 9.17) is 0 Å². The molecule has 2 N–H and O–H groups in total. The number of carbonyl (C=O) groups is 2. The molecule has 7 heteroatoms. The number of hydrogen-bond acceptors (Lipinski definition) is 4. The summed E-state index contributed by atoms with van der Waals surface area (Å²) in [7, 11) is 1.49. The molecule has 2 rings (SSSR count). The molecule has 0 aliphatic carbocycles. The first-order valence-corrected chi connectivity index (χ1v) is 7.59. The number of aromatic nitrogens is 2. The molecule has 2 amide bonds. The molecule has 0 saturated carbocycles. The van der Waals surface area contributed by atoms with Crippen LogP contribution in [0.3, 0.4) is 0 Å². The molecular weight excluding hydrogens is 308 g/mol. The minimum absolute atomic E-state index is 0.0446. The third-order valence-electron chi connectivity index (χ3n) is 3.39. The van der Waals surface area contributed by atoms with E-state index >= 15 is 0 Å². The second-order valence-electron chi connectivity index (χ2n) is 5.70. The lowest BCUT2D eigenvalue weighted by molar-refractivity contribution is -0.118. The molecule has 126 valence electrons. The molecule has 0 unspecified atom stereocenters. The predicted octanol–water partition coefficient (Wildman–Crippen LogP) is 1.30. The van der Waals surface area contributed by atoms with Crippen molar-refractivity contribution >= 4 is 17.5 Å². The van der Waals surface area contributed by atoms with Gasteiger partial charge in [-0.05, 0) is 23.8 Å². The van der Waals surface area contributed by atoms with E-state index in [0.29, 0.717) is 12.2 Å². The fraction of sp³-hybridized carbons (Fsp3) is 0.294. The minimum atomic E-state index is -0.359. The smallest absolute Gasteiger partial charge is 0.271 e. The van der Waals surface area contributed by atoms with Crippen molar-refractivity contribution in [1.29, 1.82) is 0 Å². The molecule has 0 fully saturated rings. The second-order valence-corrected chi connectivity index (χ2v) is 5.70. The van der Waals surface area contributed by atoms with Gasteiger partial charge in [0.05, 0.1) is 0 Å². The zero-order valence-electron chi connectivity index (χ0n) is 13.9. The van der Waals surface area contributed by atoms with Crippen molar-refractivity contribution in [2.75, 3.05) is 5.32 Å². The SMILES string of the molecule is CC(C)C(=O)Nc1ccc(CNC(=O)c2ccc(=O)n(C)n2)cc1. The molecule has 24 heavy (non-hydrogen) atoms. The number of anilines is 1. The number of aryl methyl sites for hydroxylation is 1. The maximum absolute atomic E-state index is 12.0. The zero-order valence-corrected chi connectivity index (χ0v) is 13.9. The van der Waals surface area contributed by atoms with Crippen LogP contribution in [0.5, 0.6) is 0 Å². The molecule has 2 aromatic rings. The van der Waals surface area contributed by atoms with Gasteiger partial charge in [0.1, 0.15) is 5.69 Å². The van der Waals surface area contributed by atoms with Crippen LogP contribution in [0.15, 0.2) is 41.2 Å². The van der Waals surface area contributed by atoms with Gasteiger partial charge in [-0.15, -0.1) is 0 Å². The van der Waals surface area contributed by atoms with Gasteiger partial charge in [-0.3, -0.25) is 14.4 Å². The normalized spacial score (nSPS) is 10.5. The molecule has 0 saturated heterocycles. The summed E-state index contributed by atoms with van der Waals surface area (Å²) >= 11 is 0. The largest absolute Gasteiger partial charge is 0.347 e. The van der Waals surface area contributed by atoms with Crippen LogP contribution in [0.4, 0.5) is 5.69 Å². The Morgan fingerprint density at radius 2 is 1.79 bits per heavy atom. The first-order valence-electron chi connectivity index (χ1n) is 7.59. The molecule has 0 atom stereocenters. The van der Waals surface area contributed by atoms with Crippen LogP contribution in [0, 0.1) is 5.92 Å². The third-order valence-corrected chi connectivity index (χ3v) is 3.39. The lowest BCUT2D eigenvalue weighted by Crippen LogP contribution is -2.28. The van der Waals surface area contributed by atoms with Crippen molar-refractivity contribution in [1.82, 2.24) is 15.1 Å². The van der Waals surface area contributed by atoms with E-state index in [1.807, 2.05) is 26.0 Å². The predicted molar refractivity (Wildman–Crippen MR) is 90.6 cm³/mol. The monoisotopic (exact) mass is 328 g/mol. The maximum Gasteiger partial charge on any atom is 0.271 e. The summed E-state index contributed by atoms with van der Waals surface area (Å²) in [5.41, 5.74) is 1.50. The molecule has 7 nitrogen and oxygen atoms in total. The summed E-state index contributed by atoms with van der Waals surface area (Å²) in [5, 5.41) is 9.43. The Kier molecular flexibility index (Phi) is 5.47. The number of nitrogens with one attached hydrogen (secondary N) is 2. The van der Waals surface area contributed by atoms with Crippen LogP contribution in [0.25, 0.3) is 0 Å². The van der Waals surface area contributed by atoms with E-state index in [9.17, 15) is 14.4 Å². The molecule has 0 spiro atoms. The van der Waals surface area contributed by atoms with Crippen LogP contribution in [0.1, 0.15) is 29.9 Å². The van der Waals surface area contributed by atoms with E-state index in [0.717, 1.165) is 10.2 Å². The summed E-state index contributed by atoms with van der Waals surface area (Å²) < 4.78 is 1.11. The van der Waals surface area contributed by atoms with Gasteiger partial charge in [-0.25, -0.2) is 4.68 Å². The van der Waals surface area contributed by atoms with Crippen molar-refractivity contribution in [3.8, 4) is 0 Å². The number of nitrogens with zero attached hydrogens (tertiary/aromatic N) is 2. The summed E-state index contributed by atoms with van der Waals surface area (Å²) in [6.45, 7) is 3.97. The van der Waals surface area contributed by atoms with Crippen LogP contribution in [0.2, 0.25) is 0 Å². The quantitative estimate of drug-likeness (QED) is 0.865. The van der Waals surface area contributed by atoms with E-state index < -0.39 is 0 Å². The summed E-state index contributed by atoms with van der Waals surface area (Å²) in [5.74, 6) is -0.488. The first-order chi connectivity index (χ1) is 11.4. The average molecular weight is 328 g/mol. The third kappa shape index (κ3) is 4.52. The van der Waals surface area contributed by atoms with Crippen molar-refractivity contribution in [3.63, 3.8) is 0 Å². The van der Waals surface area contributed by atoms with Crippen molar-refractivity contribution < 1.29 is 9.59 Å². The van der Waals surface area contributed by atoms with Crippen LogP contribution >= 0.6 is 0 Å². The summed E-state index contributed by atoms with van der Waals surface area (Å²) in [4.78, 5) is 34.9. The molecule has 1 aromatic heterocycles. The number of amides is 2. The second kappa shape index (κ2) is 7.54. The first kappa shape index (κ1) is 17.4. The van der Waals surface area contributed by atoms with E-state index in [-0.39, 0.29) is 29.0 Å². The van der Waals surface area contributed by atoms with E-state index in [1.165, 1.54) is 19.2 Å². The van der Waals surface area contributed by atoms with Gasteiger partial charge >= 0.3 is 0 Å². The summed E-state index contributed by atoms with van der Waals surface area (Å²) in [6, 6.07) is 9.91. The summed E-state index contributed by atoms with van der Waals surface area (Å²) in [6.07, 6.45) is 0. The number of rotatable bonds is 5. The van der Waals surface area contributed by atoms with E-state index in [1.54, 1.807) is 12.1 Å². The molecular formula is C17H20N4O3. The van der Waals surface area contributed by atoms with Gasteiger partial charge in [-0.2, -0.15) is 5.10 Å². The molecule has 0 aliphatic rings. The average Bonchev–Trinajstić information content (AvgIpc) is 2.56. The Morgan fingerprint density at radius 3 is 2.38 bits per heavy atom. The van der Waals surface area contributed by atoms with Crippen molar-refractivity contribution in [2.24, 2.45) is 13.0 Å². The number of benzene rings is 1. The van der Waals surface area contributed by atoms with Crippen LogP contribution < -0.4 is 16.2 Å².